The van der Waals surface area contributed by atoms with E-state index in [1.807, 2.05) is 0 Å². The molecule has 0 aromatic heterocycles. The van der Waals surface area contributed by atoms with Crippen molar-refractivity contribution in [1.82, 2.24) is 0 Å². The molecule has 0 aromatic rings. The summed E-state index contributed by atoms with van der Waals surface area (Å²) in [5.74, 6) is 3.16. The Morgan fingerprint density at radius 1 is 1.09 bits per heavy atom. The van der Waals surface area contributed by atoms with Gasteiger partial charge in [-0.15, -0.1) is 0 Å². The Hall–Kier alpha value is -0.510. The standard InChI is InChI=1S/C10H15N/c1-7-2-9-4-8(6-11)5-10(9)3-7/h7-10H,2-5H2,1H3/t7-,8?,9-,10+. The summed E-state index contributed by atoms with van der Waals surface area (Å²) < 4.78 is 0. The molecule has 1 heteroatoms. The van der Waals surface area contributed by atoms with Gasteiger partial charge in [-0.3, -0.25) is 0 Å². The summed E-state index contributed by atoms with van der Waals surface area (Å²) >= 11 is 0. The van der Waals surface area contributed by atoms with Crippen LogP contribution in [-0.2, 0) is 0 Å². The Kier molecular flexibility index (Phi) is 1.64. The van der Waals surface area contributed by atoms with Crippen LogP contribution in [0.5, 0.6) is 0 Å². The van der Waals surface area contributed by atoms with Crippen LogP contribution in [0.25, 0.3) is 0 Å². The summed E-state index contributed by atoms with van der Waals surface area (Å²) in [4.78, 5) is 0. The zero-order valence-electron chi connectivity index (χ0n) is 7.09. The fourth-order valence-electron chi connectivity index (χ4n) is 3.02. The van der Waals surface area contributed by atoms with Gasteiger partial charge < -0.3 is 0 Å². The van der Waals surface area contributed by atoms with Crippen molar-refractivity contribution in [2.45, 2.75) is 32.6 Å². The van der Waals surface area contributed by atoms with Crippen LogP contribution in [-0.4, -0.2) is 0 Å². The van der Waals surface area contributed by atoms with Crippen LogP contribution in [0.2, 0.25) is 0 Å². The zero-order valence-corrected chi connectivity index (χ0v) is 7.09. The first-order valence-corrected chi connectivity index (χ1v) is 4.69. The van der Waals surface area contributed by atoms with Crippen LogP contribution in [0.15, 0.2) is 0 Å². The van der Waals surface area contributed by atoms with Gasteiger partial charge in [0.1, 0.15) is 0 Å². The molecule has 2 fully saturated rings. The van der Waals surface area contributed by atoms with Gasteiger partial charge in [-0.2, -0.15) is 5.26 Å². The number of hydrogen-bond acceptors (Lipinski definition) is 1. The molecule has 1 nitrogen and oxygen atoms in total. The molecule has 0 bridgehead atoms. The fraction of sp³-hybridized carbons (Fsp3) is 0.900. The normalized spacial score (nSPS) is 48.7. The summed E-state index contributed by atoms with van der Waals surface area (Å²) in [5, 5.41) is 8.74. The van der Waals surface area contributed by atoms with Crippen LogP contribution >= 0.6 is 0 Å². The lowest BCUT2D eigenvalue weighted by molar-refractivity contribution is 0.457. The van der Waals surface area contributed by atoms with Gasteiger partial charge in [0.15, 0.2) is 0 Å². The Morgan fingerprint density at radius 2 is 1.64 bits per heavy atom. The highest BCUT2D eigenvalue weighted by atomic mass is 14.5. The van der Waals surface area contributed by atoms with Crippen LogP contribution in [0, 0.1) is 35.0 Å². The molecule has 0 amide bonds. The van der Waals surface area contributed by atoms with Crippen LogP contribution < -0.4 is 0 Å². The minimum Gasteiger partial charge on any atom is -0.198 e. The molecule has 2 aliphatic carbocycles. The second-order valence-electron chi connectivity index (χ2n) is 4.39. The highest BCUT2D eigenvalue weighted by Crippen LogP contribution is 2.48. The van der Waals surface area contributed by atoms with Crippen molar-refractivity contribution in [3.05, 3.63) is 0 Å². The van der Waals surface area contributed by atoms with Gasteiger partial charge >= 0.3 is 0 Å². The maximum Gasteiger partial charge on any atom is 0.0655 e. The topological polar surface area (TPSA) is 23.8 Å². The number of rotatable bonds is 0. The van der Waals surface area contributed by atoms with Gasteiger partial charge in [0.2, 0.25) is 0 Å². The first-order valence-electron chi connectivity index (χ1n) is 4.69. The zero-order chi connectivity index (χ0) is 7.84. The molecule has 11 heavy (non-hydrogen) atoms. The minimum absolute atomic E-state index is 0.400. The molecule has 60 valence electrons. The van der Waals surface area contributed by atoms with Crippen LogP contribution in [0.3, 0.4) is 0 Å². The van der Waals surface area contributed by atoms with Crippen molar-refractivity contribution >= 4 is 0 Å². The monoisotopic (exact) mass is 149 g/mol. The Labute approximate surface area is 68.4 Å². The highest BCUT2D eigenvalue weighted by Gasteiger charge is 2.39. The SMILES string of the molecule is C[C@H]1C[C@H]2CC(C#N)C[C@H]2C1. The van der Waals surface area contributed by atoms with E-state index in [0.29, 0.717) is 5.92 Å². The van der Waals surface area contributed by atoms with E-state index in [9.17, 15) is 0 Å². The number of nitrogens with zero attached hydrogens (tertiary/aromatic N) is 1. The average molecular weight is 149 g/mol. The van der Waals surface area contributed by atoms with E-state index in [-0.39, 0.29) is 0 Å². The van der Waals surface area contributed by atoms with Crippen LogP contribution in [0.4, 0.5) is 0 Å². The van der Waals surface area contributed by atoms with Crippen LogP contribution in [0.1, 0.15) is 32.6 Å². The van der Waals surface area contributed by atoms with Gasteiger partial charge in [-0.25, -0.2) is 0 Å². The van der Waals surface area contributed by atoms with Crippen molar-refractivity contribution in [3.8, 4) is 6.07 Å². The largest absolute Gasteiger partial charge is 0.198 e. The molecule has 2 aliphatic rings. The van der Waals surface area contributed by atoms with Gasteiger partial charge in [0, 0.05) is 5.92 Å². The minimum atomic E-state index is 0.400. The summed E-state index contributed by atoms with van der Waals surface area (Å²) in [5.41, 5.74) is 0. The molecule has 0 saturated heterocycles. The Bertz CT molecular complexity index is 178. The van der Waals surface area contributed by atoms with Gasteiger partial charge in [-0.05, 0) is 43.4 Å². The third-order valence-electron chi connectivity index (χ3n) is 3.43. The van der Waals surface area contributed by atoms with Crippen molar-refractivity contribution in [3.63, 3.8) is 0 Å². The first-order chi connectivity index (χ1) is 5.29. The van der Waals surface area contributed by atoms with E-state index in [4.69, 9.17) is 5.26 Å². The number of fused-ring (bicyclic) bond motifs is 1. The molecular weight excluding hydrogens is 134 g/mol. The Balaban J connectivity index is 2.00. The molecule has 0 N–H and O–H groups in total. The van der Waals surface area contributed by atoms with Crippen molar-refractivity contribution in [1.29, 1.82) is 5.26 Å². The molecular formula is C10H15N. The summed E-state index contributed by atoms with van der Waals surface area (Å²) in [6.45, 7) is 2.35. The quantitative estimate of drug-likeness (QED) is 0.519. The van der Waals surface area contributed by atoms with Crippen molar-refractivity contribution < 1.29 is 0 Å². The molecule has 2 rings (SSSR count). The van der Waals surface area contributed by atoms with Gasteiger partial charge in [0.05, 0.1) is 6.07 Å². The van der Waals surface area contributed by atoms with E-state index >= 15 is 0 Å². The molecule has 0 heterocycles. The number of nitriles is 1. The van der Waals surface area contributed by atoms with Gasteiger partial charge in [-0.1, -0.05) is 6.92 Å². The van der Waals surface area contributed by atoms with E-state index in [0.717, 1.165) is 17.8 Å². The van der Waals surface area contributed by atoms with Crippen molar-refractivity contribution in [2.75, 3.05) is 0 Å². The van der Waals surface area contributed by atoms with E-state index in [1.54, 1.807) is 0 Å². The molecule has 0 radical (unpaired) electrons. The molecule has 1 unspecified atom stereocenters. The third kappa shape index (κ3) is 1.15. The summed E-state index contributed by atoms with van der Waals surface area (Å²) in [7, 11) is 0. The fourth-order valence-corrected chi connectivity index (χ4v) is 3.02. The predicted molar refractivity (Wildman–Crippen MR) is 43.7 cm³/mol. The van der Waals surface area contributed by atoms with E-state index in [1.165, 1.54) is 25.7 Å². The van der Waals surface area contributed by atoms with Crippen molar-refractivity contribution in [2.24, 2.45) is 23.7 Å². The third-order valence-corrected chi connectivity index (χ3v) is 3.43. The van der Waals surface area contributed by atoms with E-state index < -0.39 is 0 Å². The molecule has 0 aromatic carbocycles. The summed E-state index contributed by atoms with van der Waals surface area (Å²) in [6.07, 6.45) is 5.18. The van der Waals surface area contributed by atoms with E-state index in [2.05, 4.69) is 13.0 Å². The molecule has 0 aliphatic heterocycles. The second-order valence-corrected chi connectivity index (χ2v) is 4.39. The Morgan fingerprint density at radius 3 is 2.09 bits per heavy atom. The first kappa shape index (κ1) is 7.16. The number of hydrogen-bond donors (Lipinski definition) is 0. The maximum absolute atomic E-state index is 8.74. The lowest BCUT2D eigenvalue weighted by Crippen LogP contribution is -1.95. The lowest BCUT2D eigenvalue weighted by Gasteiger charge is -2.04. The smallest absolute Gasteiger partial charge is 0.0655 e. The average Bonchev–Trinajstić information content (AvgIpc) is 2.43. The lowest BCUT2D eigenvalue weighted by atomic mass is 10.0. The maximum atomic E-state index is 8.74. The predicted octanol–water partition coefficient (Wildman–Crippen LogP) is 2.58. The highest BCUT2D eigenvalue weighted by molar-refractivity contribution is 4.97. The molecule has 0 spiro atoms. The summed E-state index contributed by atoms with van der Waals surface area (Å²) in [6, 6.07) is 2.41. The molecule has 2 saturated carbocycles. The van der Waals surface area contributed by atoms with Gasteiger partial charge in [0.25, 0.3) is 0 Å². The molecule has 4 atom stereocenters. The second kappa shape index (κ2) is 2.52.